The van der Waals surface area contributed by atoms with Gasteiger partial charge in [0.1, 0.15) is 0 Å². The summed E-state index contributed by atoms with van der Waals surface area (Å²) in [4.78, 5) is 0. The van der Waals surface area contributed by atoms with E-state index in [2.05, 4.69) is 19.2 Å². The Labute approximate surface area is 190 Å². The molecule has 180 valence electrons. The highest BCUT2D eigenvalue weighted by Gasteiger charge is 2.09. The zero-order valence-electron chi connectivity index (χ0n) is 20.9. The van der Waals surface area contributed by atoms with Gasteiger partial charge in [-0.15, -0.1) is 0 Å². The van der Waals surface area contributed by atoms with Crippen LogP contribution in [0.1, 0.15) is 155 Å². The number of nitrogens with one attached hydrogen (secondary N) is 2. The van der Waals surface area contributed by atoms with Gasteiger partial charge in [0.25, 0.3) is 0 Å². The summed E-state index contributed by atoms with van der Waals surface area (Å²) >= 11 is 0. The summed E-state index contributed by atoms with van der Waals surface area (Å²) in [5.41, 5.74) is 5.69. The second-order valence-electron chi connectivity index (χ2n) is 9.53. The zero-order valence-corrected chi connectivity index (χ0v) is 20.9. The topological polar surface area (TPSA) is 61.9 Å². The van der Waals surface area contributed by atoms with Crippen molar-refractivity contribution in [1.29, 1.82) is 5.41 Å². The standard InChI is InChI=1S/C27H57N3/c1-3-5-7-9-11-13-15-17-19-21-23-26(25-27(28)29)30-24-22-20-18-16-14-12-10-8-6-4-2/h26,30H,3-25H2,1-2H3,(H3,28,29). The molecule has 0 radical (unpaired) electrons. The molecule has 3 heteroatoms. The molecule has 0 aromatic heterocycles. The molecule has 0 spiro atoms. The van der Waals surface area contributed by atoms with Crippen molar-refractivity contribution in [2.24, 2.45) is 5.73 Å². The Morgan fingerprint density at radius 2 is 0.967 bits per heavy atom. The third kappa shape index (κ3) is 23.7. The molecule has 0 saturated carbocycles. The average Bonchev–Trinajstić information content (AvgIpc) is 2.72. The summed E-state index contributed by atoms with van der Waals surface area (Å²) in [7, 11) is 0. The molecule has 3 nitrogen and oxygen atoms in total. The van der Waals surface area contributed by atoms with Crippen LogP contribution in [0.5, 0.6) is 0 Å². The molecule has 30 heavy (non-hydrogen) atoms. The molecular formula is C27H57N3. The first-order valence-corrected chi connectivity index (χ1v) is 13.8. The van der Waals surface area contributed by atoms with Crippen molar-refractivity contribution in [3.63, 3.8) is 0 Å². The number of hydrogen-bond acceptors (Lipinski definition) is 2. The fraction of sp³-hybridized carbons (Fsp3) is 0.963. The van der Waals surface area contributed by atoms with Crippen molar-refractivity contribution in [1.82, 2.24) is 5.32 Å². The molecule has 0 saturated heterocycles. The summed E-state index contributed by atoms with van der Waals surface area (Å²) in [6.45, 7) is 5.66. The molecule has 1 unspecified atom stereocenters. The fourth-order valence-electron chi connectivity index (χ4n) is 4.34. The van der Waals surface area contributed by atoms with Crippen molar-refractivity contribution < 1.29 is 0 Å². The van der Waals surface area contributed by atoms with E-state index in [0.29, 0.717) is 11.9 Å². The minimum absolute atomic E-state index is 0.336. The molecule has 0 aliphatic carbocycles. The van der Waals surface area contributed by atoms with Crippen molar-refractivity contribution in [3.05, 3.63) is 0 Å². The predicted octanol–water partition coefficient (Wildman–Crippen LogP) is 8.50. The van der Waals surface area contributed by atoms with E-state index in [9.17, 15) is 0 Å². The van der Waals surface area contributed by atoms with Crippen molar-refractivity contribution in [2.45, 2.75) is 161 Å². The van der Waals surface area contributed by atoms with Crippen LogP contribution in [-0.2, 0) is 0 Å². The average molecular weight is 424 g/mol. The molecule has 0 amide bonds. The van der Waals surface area contributed by atoms with E-state index in [4.69, 9.17) is 11.1 Å². The lowest BCUT2D eigenvalue weighted by atomic mass is 10.0. The zero-order chi connectivity index (χ0) is 22.1. The van der Waals surface area contributed by atoms with E-state index >= 15 is 0 Å². The second kappa shape index (κ2) is 24.7. The van der Waals surface area contributed by atoms with Crippen molar-refractivity contribution in [3.8, 4) is 0 Å². The molecule has 1 atom stereocenters. The van der Waals surface area contributed by atoms with Crippen LogP contribution >= 0.6 is 0 Å². The van der Waals surface area contributed by atoms with Gasteiger partial charge in [-0.25, -0.2) is 0 Å². The Morgan fingerprint density at radius 1 is 0.600 bits per heavy atom. The van der Waals surface area contributed by atoms with E-state index in [1.807, 2.05) is 0 Å². The normalized spacial score (nSPS) is 12.3. The highest BCUT2D eigenvalue weighted by molar-refractivity contribution is 5.77. The van der Waals surface area contributed by atoms with E-state index in [1.54, 1.807) is 0 Å². The van der Waals surface area contributed by atoms with Crippen molar-refractivity contribution >= 4 is 5.84 Å². The molecule has 0 heterocycles. The summed E-state index contributed by atoms with van der Waals surface area (Å²) in [6, 6.07) is 0.412. The van der Waals surface area contributed by atoms with Crippen LogP contribution in [0, 0.1) is 5.41 Å². The highest BCUT2D eigenvalue weighted by atomic mass is 14.9. The van der Waals surface area contributed by atoms with Gasteiger partial charge in [-0.3, -0.25) is 5.41 Å². The van der Waals surface area contributed by atoms with Crippen molar-refractivity contribution in [2.75, 3.05) is 6.54 Å². The predicted molar refractivity (Wildman–Crippen MR) is 137 cm³/mol. The lowest BCUT2D eigenvalue weighted by molar-refractivity contribution is 0.447. The van der Waals surface area contributed by atoms with Gasteiger partial charge in [0, 0.05) is 12.5 Å². The van der Waals surface area contributed by atoms with Crippen LogP contribution in [0.25, 0.3) is 0 Å². The van der Waals surface area contributed by atoms with Gasteiger partial charge in [-0.05, 0) is 19.4 Å². The van der Waals surface area contributed by atoms with Crippen LogP contribution in [-0.4, -0.2) is 18.4 Å². The van der Waals surface area contributed by atoms with Gasteiger partial charge in [0.05, 0.1) is 5.84 Å². The Kier molecular flexibility index (Phi) is 24.2. The maximum atomic E-state index is 7.66. The number of rotatable bonds is 25. The first kappa shape index (κ1) is 29.4. The summed E-state index contributed by atoms with van der Waals surface area (Å²) in [5, 5.41) is 11.3. The van der Waals surface area contributed by atoms with Crippen LogP contribution < -0.4 is 11.1 Å². The minimum Gasteiger partial charge on any atom is -0.388 e. The monoisotopic (exact) mass is 423 g/mol. The molecule has 0 rings (SSSR count). The SMILES string of the molecule is CCCCCCCCCCCCNC(CCCCCCCCCCCC)CC(=N)N. The molecule has 0 aliphatic heterocycles. The number of nitrogens with two attached hydrogens (primary N) is 1. The van der Waals surface area contributed by atoms with Gasteiger partial charge in [0.2, 0.25) is 0 Å². The van der Waals surface area contributed by atoms with Gasteiger partial charge < -0.3 is 11.1 Å². The van der Waals surface area contributed by atoms with Crippen LogP contribution in [0.3, 0.4) is 0 Å². The first-order valence-electron chi connectivity index (χ1n) is 13.8. The Balaban J connectivity index is 3.55. The second-order valence-corrected chi connectivity index (χ2v) is 9.53. The highest BCUT2D eigenvalue weighted by Crippen LogP contribution is 2.13. The molecule has 0 fully saturated rings. The summed E-state index contributed by atoms with van der Waals surface area (Å²) in [5.74, 6) is 0.336. The minimum atomic E-state index is 0.336. The number of hydrogen-bond donors (Lipinski definition) is 3. The maximum absolute atomic E-state index is 7.66. The lowest BCUT2D eigenvalue weighted by Gasteiger charge is -2.18. The summed E-state index contributed by atoms with van der Waals surface area (Å²) < 4.78 is 0. The largest absolute Gasteiger partial charge is 0.388 e. The lowest BCUT2D eigenvalue weighted by Crippen LogP contribution is -2.34. The van der Waals surface area contributed by atoms with Crippen LogP contribution in [0.15, 0.2) is 0 Å². The maximum Gasteiger partial charge on any atom is 0.0920 e. The van der Waals surface area contributed by atoms with Gasteiger partial charge in [-0.1, -0.05) is 136 Å². The smallest absolute Gasteiger partial charge is 0.0920 e. The quantitative estimate of drug-likeness (QED) is 0.0782. The Morgan fingerprint density at radius 3 is 1.37 bits per heavy atom. The number of unbranched alkanes of at least 4 members (excludes halogenated alkanes) is 18. The van der Waals surface area contributed by atoms with Crippen LogP contribution in [0.4, 0.5) is 0 Å². The first-order chi connectivity index (χ1) is 14.7. The molecule has 0 aromatic carbocycles. The van der Waals surface area contributed by atoms with E-state index in [1.165, 1.54) is 135 Å². The molecular weight excluding hydrogens is 366 g/mol. The van der Waals surface area contributed by atoms with Crippen LogP contribution in [0.2, 0.25) is 0 Å². The third-order valence-corrected chi connectivity index (χ3v) is 6.34. The molecule has 0 aliphatic rings. The third-order valence-electron chi connectivity index (χ3n) is 6.34. The van der Waals surface area contributed by atoms with Gasteiger partial charge in [0.15, 0.2) is 0 Å². The number of amidine groups is 1. The van der Waals surface area contributed by atoms with E-state index < -0.39 is 0 Å². The Hall–Kier alpha value is -0.570. The summed E-state index contributed by atoms with van der Waals surface area (Å²) in [6.07, 6.45) is 29.6. The van der Waals surface area contributed by atoms with Gasteiger partial charge >= 0.3 is 0 Å². The van der Waals surface area contributed by atoms with E-state index in [0.717, 1.165) is 13.0 Å². The molecule has 4 N–H and O–H groups in total. The molecule has 0 aromatic rings. The fourth-order valence-corrected chi connectivity index (χ4v) is 4.34. The van der Waals surface area contributed by atoms with Gasteiger partial charge in [-0.2, -0.15) is 0 Å². The Bertz CT molecular complexity index is 343. The molecule has 0 bridgehead atoms. The van der Waals surface area contributed by atoms with E-state index in [-0.39, 0.29) is 0 Å².